The summed E-state index contributed by atoms with van der Waals surface area (Å²) in [6.45, 7) is 1.14. The van der Waals surface area contributed by atoms with Crippen molar-refractivity contribution < 1.29 is 23.1 Å². The van der Waals surface area contributed by atoms with E-state index in [1.165, 1.54) is 24.3 Å². The minimum absolute atomic E-state index is 0.0453. The molecule has 0 aliphatic carbocycles. The normalized spacial score (nSPS) is 11.3. The average molecular weight is 316 g/mol. The molecule has 1 rings (SSSR count). The summed E-state index contributed by atoms with van der Waals surface area (Å²) in [4.78, 5) is 10.5. The number of hydrogen-bond donors (Lipinski definition) is 3. The number of sulfonamides is 1. The Kier molecular flexibility index (Phi) is 7.13. The Morgan fingerprint density at radius 1 is 1.24 bits per heavy atom. The molecule has 0 spiro atoms. The number of carboxylic acids is 1. The molecule has 1 aromatic rings. The molecule has 0 aliphatic rings. The molecule has 0 aromatic heterocycles. The summed E-state index contributed by atoms with van der Waals surface area (Å²) in [7, 11) is -1.72. The second-order valence-electron chi connectivity index (χ2n) is 4.32. The second-order valence-corrected chi connectivity index (χ2v) is 6.09. The van der Waals surface area contributed by atoms with Crippen molar-refractivity contribution in [1.82, 2.24) is 10.0 Å². The molecule has 7 nitrogen and oxygen atoms in total. The minimum atomic E-state index is -3.52. The van der Waals surface area contributed by atoms with Crippen LogP contribution in [0.1, 0.15) is 12.8 Å². The fourth-order valence-corrected chi connectivity index (χ4v) is 2.60. The van der Waals surface area contributed by atoms with Gasteiger partial charge in [0, 0.05) is 6.54 Å². The van der Waals surface area contributed by atoms with E-state index in [2.05, 4.69) is 10.0 Å². The molecule has 118 valence electrons. The maximum atomic E-state index is 12.0. The first-order chi connectivity index (χ1) is 9.95. The van der Waals surface area contributed by atoms with Crippen molar-refractivity contribution >= 4 is 16.0 Å². The van der Waals surface area contributed by atoms with E-state index in [0.29, 0.717) is 18.7 Å². The van der Waals surface area contributed by atoms with E-state index in [9.17, 15) is 13.2 Å². The highest BCUT2D eigenvalue weighted by Gasteiger charge is 2.13. The molecular formula is C13H20N2O5S. The highest BCUT2D eigenvalue weighted by atomic mass is 32.2. The first-order valence-electron chi connectivity index (χ1n) is 6.54. The van der Waals surface area contributed by atoms with Crippen LogP contribution >= 0.6 is 0 Å². The van der Waals surface area contributed by atoms with Gasteiger partial charge in [-0.3, -0.25) is 4.79 Å². The van der Waals surface area contributed by atoms with Gasteiger partial charge in [0.15, 0.2) is 0 Å². The van der Waals surface area contributed by atoms with Gasteiger partial charge in [0.05, 0.1) is 17.9 Å². The lowest BCUT2D eigenvalue weighted by atomic mass is 10.3. The van der Waals surface area contributed by atoms with Crippen LogP contribution in [0.15, 0.2) is 29.2 Å². The largest absolute Gasteiger partial charge is 0.493 e. The molecule has 0 unspecified atom stereocenters. The van der Waals surface area contributed by atoms with Crippen molar-refractivity contribution in [2.24, 2.45) is 0 Å². The fraction of sp³-hybridized carbons (Fsp3) is 0.462. The van der Waals surface area contributed by atoms with Crippen LogP contribution in [0.2, 0.25) is 0 Å². The zero-order valence-electron chi connectivity index (χ0n) is 11.8. The smallest absolute Gasteiger partial charge is 0.306 e. The molecule has 0 radical (unpaired) electrons. The molecule has 0 aliphatic heterocycles. The molecule has 0 amide bonds. The lowest BCUT2D eigenvalue weighted by molar-refractivity contribution is -0.137. The molecule has 0 saturated heterocycles. The minimum Gasteiger partial charge on any atom is -0.493 e. The molecule has 8 heteroatoms. The molecular weight excluding hydrogens is 296 g/mol. The average Bonchev–Trinajstić information content (AvgIpc) is 2.44. The lowest BCUT2D eigenvalue weighted by Gasteiger charge is -2.08. The number of carbonyl (C=O) groups is 1. The fourth-order valence-electron chi connectivity index (χ4n) is 1.53. The summed E-state index contributed by atoms with van der Waals surface area (Å²) in [6, 6.07) is 5.86. The van der Waals surface area contributed by atoms with Crippen molar-refractivity contribution in [2.75, 3.05) is 26.7 Å². The lowest BCUT2D eigenvalue weighted by Crippen LogP contribution is -2.26. The Hall–Kier alpha value is -1.64. The van der Waals surface area contributed by atoms with Crippen molar-refractivity contribution in [3.63, 3.8) is 0 Å². The van der Waals surface area contributed by atoms with Crippen LogP contribution in [-0.4, -0.2) is 46.2 Å². The SMILES string of the molecule is CNCCCNS(=O)(=O)c1ccc(OCCC(=O)O)cc1. The number of carboxylic acid groups (broad SMARTS) is 1. The summed E-state index contributed by atoms with van der Waals surface area (Å²) in [5.74, 6) is -0.509. The van der Waals surface area contributed by atoms with Gasteiger partial charge in [-0.05, 0) is 44.3 Å². The highest BCUT2D eigenvalue weighted by molar-refractivity contribution is 7.89. The van der Waals surface area contributed by atoms with Gasteiger partial charge in [0.2, 0.25) is 10.0 Å². The van der Waals surface area contributed by atoms with Crippen molar-refractivity contribution in [3.8, 4) is 5.75 Å². The van der Waals surface area contributed by atoms with Gasteiger partial charge in [-0.1, -0.05) is 0 Å². The van der Waals surface area contributed by atoms with Gasteiger partial charge in [-0.25, -0.2) is 13.1 Å². The summed E-state index contributed by atoms with van der Waals surface area (Å²) in [5.41, 5.74) is 0. The first kappa shape index (κ1) is 17.4. The van der Waals surface area contributed by atoms with Crippen LogP contribution < -0.4 is 14.8 Å². The standard InChI is InChI=1S/C13H20N2O5S/c1-14-8-2-9-15-21(18,19)12-5-3-11(4-6-12)20-10-7-13(16)17/h3-6,14-15H,2,7-10H2,1H3,(H,16,17). The van der Waals surface area contributed by atoms with E-state index in [4.69, 9.17) is 9.84 Å². The van der Waals surface area contributed by atoms with E-state index in [1.54, 1.807) is 7.05 Å². The molecule has 0 heterocycles. The first-order valence-corrected chi connectivity index (χ1v) is 8.03. The van der Waals surface area contributed by atoms with E-state index >= 15 is 0 Å². The van der Waals surface area contributed by atoms with Gasteiger partial charge < -0.3 is 15.2 Å². The molecule has 3 N–H and O–H groups in total. The Bertz CT molecular complexity index is 542. The van der Waals surface area contributed by atoms with Crippen molar-refractivity contribution in [3.05, 3.63) is 24.3 Å². The summed E-state index contributed by atoms with van der Waals surface area (Å²) in [6.07, 6.45) is 0.596. The van der Waals surface area contributed by atoms with E-state index in [-0.39, 0.29) is 17.9 Å². The second kappa shape index (κ2) is 8.60. The van der Waals surface area contributed by atoms with Crippen LogP contribution in [0.3, 0.4) is 0 Å². The molecule has 0 saturated carbocycles. The molecule has 21 heavy (non-hydrogen) atoms. The van der Waals surface area contributed by atoms with Crippen molar-refractivity contribution in [2.45, 2.75) is 17.7 Å². The van der Waals surface area contributed by atoms with E-state index in [0.717, 1.165) is 6.54 Å². The van der Waals surface area contributed by atoms with Crippen molar-refractivity contribution in [1.29, 1.82) is 0 Å². The van der Waals surface area contributed by atoms with Crippen LogP contribution in [0.5, 0.6) is 5.75 Å². The van der Waals surface area contributed by atoms with Gasteiger partial charge in [-0.2, -0.15) is 0 Å². The maximum Gasteiger partial charge on any atom is 0.306 e. The zero-order chi connectivity index (χ0) is 15.7. The third kappa shape index (κ3) is 6.56. The Morgan fingerprint density at radius 3 is 2.48 bits per heavy atom. The summed E-state index contributed by atoms with van der Waals surface area (Å²) >= 11 is 0. The van der Waals surface area contributed by atoms with E-state index < -0.39 is 16.0 Å². The number of nitrogens with one attached hydrogen (secondary N) is 2. The van der Waals surface area contributed by atoms with Gasteiger partial charge in [0.1, 0.15) is 5.75 Å². The Morgan fingerprint density at radius 2 is 1.90 bits per heavy atom. The number of ether oxygens (including phenoxy) is 1. The third-order valence-electron chi connectivity index (χ3n) is 2.61. The summed E-state index contributed by atoms with van der Waals surface area (Å²) in [5, 5.41) is 11.4. The Balaban J connectivity index is 2.53. The highest BCUT2D eigenvalue weighted by Crippen LogP contribution is 2.16. The van der Waals surface area contributed by atoms with Gasteiger partial charge in [0.25, 0.3) is 0 Å². The van der Waals surface area contributed by atoms with Crippen LogP contribution in [0.4, 0.5) is 0 Å². The summed E-state index contributed by atoms with van der Waals surface area (Å²) < 4.78 is 31.6. The monoisotopic (exact) mass is 316 g/mol. The molecule has 0 atom stereocenters. The van der Waals surface area contributed by atoms with Gasteiger partial charge in [-0.15, -0.1) is 0 Å². The predicted molar refractivity (Wildman–Crippen MR) is 77.9 cm³/mol. The Labute approximate surface area is 124 Å². The predicted octanol–water partition coefficient (Wildman–Crippen LogP) is 0.428. The number of benzene rings is 1. The van der Waals surface area contributed by atoms with Crippen LogP contribution in [0.25, 0.3) is 0 Å². The van der Waals surface area contributed by atoms with Crippen LogP contribution in [0, 0.1) is 0 Å². The quantitative estimate of drug-likeness (QED) is 0.541. The number of hydrogen-bond acceptors (Lipinski definition) is 5. The molecule has 0 bridgehead atoms. The molecule has 0 fully saturated rings. The molecule has 1 aromatic carbocycles. The maximum absolute atomic E-state index is 12.0. The number of aliphatic carboxylic acids is 1. The van der Waals surface area contributed by atoms with Gasteiger partial charge >= 0.3 is 5.97 Å². The number of rotatable bonds is 10. The third-order valence-corrected chi connectivity index (χ3v) is 4.09. The van der Waals surface area contributed by atoms with Crippen LogP contribution in [-0.2, 0) is 14.8 Å². The topological polar surface area (TPSA) is 105 Å². The van der Waals surface area contributed by atoms with E-state index in [1.807, 2.05) is 0 Å². The zero-order valence-corrected chi connectivity index (χ0v) is 12.6.